The number of nitro benzene ring substituents is 1. The molecule has 2 rings (SSSR count). The minimum Gasteiger partial charge on any atom is -0.432 e. The molecule has 0 amide bonds. The number of benzene rings is 1. The summed E-state index contributed by atoms with van der Waals surface area (Å²) < 4.78 is 19.2. The lowest BCUT2D eigenvalue weighted by Crippen LogP contribution is -1.96. The summed E-state index contributed by atoms with van der Waals surface area (Å²) in [6.07, 6.45) is 1.51. The second kappa shape index (κ2) is 5.31. The van der Waals surface area contributed by atoms with Crippen molar-refractivity contribution in [3.05, 3.63) is 56.4 Å². The number of ether oxygens (including phenoxy) is 1. The van der Waals surface area contributed by atoms with Gasteiger partial charge in [-0.25, -0.2) is 9.37 Å². The first-order valence-electron chi connectivity index (χ1n) is 5.21. The highest BCUT2D eigenvalue weighted by Crippen LogP contribution is 2.32. The maximum absolute atomic E-state index is 13.1. The average molecular weight is 327 g/mol. The van der Waals surface area contributed by atoms with Crippen molar-refractivity contribution in [2.45, 2.75) is 6.92 Å². The second-order valence-corrected chi connectivity index (χ2v) is 4.60. The van der Waals surface area contributed by atoms with Crippen LogP contribution in [-0.2, 0) is 0 Å². The maximum Gasteiger partial charge on any atom is 0.311 e. The molecule has 0 aliphatic rings. The molecule has 0 radical (unpaired) electrons. The number of aromatic nitrogens is 1. The van der Waals surface area contributed by atoms with Gasteiger partial charge < -0.3 is 4.74 Å². The Morgan fingerprint density at radius 2 is 2.16 bits per heavy atom. The van der Waals surface area contributed by atoms with Gasteiger partial charge in [0.15, 0.2) is 0 Å². The van der Waals surface area contributed by atoms with Crippen molar-refractivity contribution in [2.24, 2.45) is 0 Å². The summed E-state index contributed by atoms with van der Waals surface area (Å²) in [4.78, 5) is 14.1. The van der Waals surface area contributed by atoms with Gasteiger partial charge in [-0.3, -0.25) is 10.1 Å². The minimum absolute atomic E-state index is 0.161. The van der Waals surface area contributed by atoms with Crippen molar-refractivity contribution >= 4 is 21.6 Å². The van der Waals surface area contributed by atoms with Crippen molar-refractivity contribution in [1.29, 1.82) is 0 Å². The van der Waals surface area contributed by atoms with Gasteiger partial charge >= 0.3 is 5.69 Å². The van der Waals surface area contributed by atoms with E-state index in [2.05, 4.69) is 20.9 Å². The first-order chi connectivity index (χ1) is 8.97. The molecule has 5 nitrogen and oxygen atoms in total. The Morgan fingerprint density at radius 3 is 2.79 bits per heavy atom. The number of rotatable bonds is 3. The van der Waals surface area contributed by atoms with Gasteiger partial charge in [0, 0.05) is 28.9 Å². The van der Waals surface area contributed by atoms with Crippen LogP contribution in [0.5, 0.6) is 11.6 Å². The van der Waals surface area contributed by atoms with Gasteiger partial charge in [-0.15, -0.1) is 0 Å². The van der Waals surface area contributed by atoms with E-state index in [4.69, 9.17) is 4.74 Å². The molecule has 98 valence electrons. The predicted octanol–water partition coefficient (Wildman–Crippen LogP) is 3.99. The van der Waals surface area contributed by atoms with Crippen LogP contribution in [0.4, 0.5) is 10.1 Å². The molecular formula is C12H8BrFN2O3. The van der Waals surface area contributed by atoms with E-state index in [1.54, 1.807) is 6.07 Å². The lowest BCUT2D eigenvalue weighted by molar-refractivity contribution is -0.385. The van der Waals surface area contributed by atoms with Gasteiger partial charge in [-0.1, -0.05) is 0 Å². The number of pyridine rings is 1. The van der Waals surface area contributed by atoms with Crippen LogP contribution in [0.1, 0.15) is 5.56 Å². The summed E-state index contributed by atoms with van der Waals surface area (Å²) in [7, 11) is 0. The summed E-state index contributed by atoms with van der Waals surface area (Å²) >= 11 is 3.28. The van der Waals surface area contributed by atoms with Gasteiger partial charge in [-0.05, 0) is 34.5 Å². The molecule has 1 aromatic heterocycles. The molecule has 2 aromatic rings. The molecular weight excluding hydrogens is 319 g/mol. The van der Waals surface area contributed by atoms with Crippen LogP contribution in [0.3, 0.4) is 0 Å². The quantitative estimate of drug-likeness (QED) is 0.631. The molecule has 19 heavy (non-hydrogen) atoms. The Balaban J connectivity index is 2.39. The fourth-order valence-electron chi connectivity index (χ4n) is 1.40. The zero-order valence-corrected chi connectivity index (χ0v) is 11.3. The molecule has 0 spiro atoms. The molecule has 0 unspecified atom stereocenters. The highest BCUT2D eigenvalue weighted by molar-refractivity contribution is 9.10. The third kappa shape index (κ3) is 3.05. The van der Waals surface area contributed by atoms with E-state index in [-0.39, 0.29) is 17.3 Å². The Kier molecular flexibility index (Phi) is 3.75. The van der Waals surface area contributed by atoms with Crippen LogP contribution in [0, 0.1) is 22.9 Å². The molecule has 0 bridgehead atoms. The van der Waals surface area contributed by atoms with Crippen LogP contribution < -0.4 is 4.74 Å². The van der Waals surface area contributed by atoms with Crippen LogP contribution in [-0.4, -0.2) is 9.91 Å². The van der Waals surface area contributed by atoms with Crippen LogP contribution in [0.2, 0.25) is 0 Å². The number of nitro groups is 1. The van der Waals surface area contributed by atoms with Gasteiger partial charge in [-0.2, -0.15) is 0 Å². The smallest absolute Gasteiger partial charge is 0.311 e. The van der Waals surface area contributed by atoms with Crippen LogP contribution in [0.15, 0.2) is 34.9 Å². The van der Waals surface area contributed by atoms with E-state index in [1.165, 1.54) is 6.20 Å². The van der Waals surface area contributed by atoms with E-state index >= 15 is 0 Å². The number of aryl methyl sites for hydroxylation is 1. The lowest BCUT2D eigenvalue weighted by Gasteiger charge is -2.06. The van der Waals surface area contributed by atoms with E-state index in [9.17, 15) is 14.5 Å². The topological polar surface area (TPSA) is 65.3 Å². The van der Waals surface area contributed by atoms with Crippen molar-refractivity contribution < 1.29 is 14.1 Å². The zero-order chi connectivity index (χ0) is 14.0. The van der Waals surface area contributed by atoms with E-state index in [1.807, 2.05) is 6.92 Å². The number of hydrogen-bond acceptors (Lipinski definition) is 4. The molecule has 1 aromatic carbocycles. The fraction of sp³-hybridized carbons (Fsp3) is 0.0833. The molecule has 0 aliphatic carbocycles. The molecule has 7 heteroatoms. The SMILES string of the molecule is Cc1cc(Oc2cc(F)ccc2[N+](=O)[O-])ncc1Br. The summed E-state index contributed by atoms with van der Waals surface area (Å²) in [5, 5.41) is 10.8. The maximum atomic E-state index is 13.1. The third-order valence-corrected chi connectivity index (χ3v) is 3.19. The summed E-state index contributed by atoms with van der Waals surface area (Å²) in [5.74, 6) is -0.636. The van der Waals surface area contributed by atoms with Crippen molar-refractivity contribution in [3.63, 3.8) is 0 Å². The highest BCUT2D eigenvalue weighted by atomic mass is 79.9. The summed E-state index contributed by atoms with van der Waals surface area (Å²) in [6.45, 7) is 1.82. The highest BCUT2D eigenvalue weighted by Gasteiger charge is 2.17. The standard InChI is InChI=1S/C12H8BrFN2O3/c1-7-4-12(15-6-9(7)13)19-11-5-8(14)2-3-10(11)16(17)18/h2-6H,1H3. The largest absolute Gasteiger partial charge is 0.432 e. The third-order valence-electron chi connectivity index (χ3n) is 2.35. The molecule has 0 saturated heterocycles. The Morgan fingerprint density at radius 1 is 1.42 bits per heavy atom. The number of halogens is 2. The Labute approximate surface area is 116 Å². The molecule has 0 fully saturated rings. The lowest BCUT2D eigenvalue weighted by atomic mass is 10.3. The Bertz CT molecular complexity index is 649. The van der Waals surface area contributed by atoms with Crippen LogP contribution >= 0.6 is 15.9 Å². The first kappa shape index (κ1) is 13.4. The van der Waals surface area contributed by atoms with Crippen molar-refractivity contribution in [2.75, 3.05) is 0 Å². The monoisotopic (exact) mass is 326 g/mol. The van der Waals surface area contributed by atoms with E-state index in [0.29, 0.717) is 0 Å². The average Bonchev–Trinajstić information content (AvgIpc) is 2.33. The van der Waals surface area contributed by atoms with Crippen molar-refractivity contribution in [1.82, 2.24) is 4.98 Å². The Hall–Kier alpha value is -2.02. The van der Waals surface area contributed by atoms with Gasteiger partial charge in [0.25, 0.3) is 0 Å². The van der Waals surface area contributed by atoms with Gasteiger partial charge in [0.05, 0.1) is 4.92 Å². The molecule has 0 aliphatic heterocycles. The molecule has 0 saturated carbocycles. The molecule has 0 atom stereocenters. The summed E-state index contributed by atoms with van der Waals surface area (Å²) in [6, 6.07) is 4.61. The van der Waals surface area contributed by atoms with Gasteiger partial charge in [0.1, 0.15) is 5.82 Å². The molecule has 1 heterocycles. The van der Waals surface area contributed by atoms with Crippen molar-refractivity contribution in [3.8, 4) is 11.6 Å². The first-order valence-corrected chi connectivity index (χ1v) is 6.00. The van der Waals surface area contributed by atoms with E-state index in [0.717, 1.165) is 28.2 Å². The predicted molar refractivity (Wildman–Crippen MR) is 69.8 cm³/mol. The van der Waals surface area contributed by atoms with Crippen LogP contribution in [0.25, 0.3) is 0 Å². The number of nitrogens with zero attached hydrogens (tertiary/aromatic N) is 2. The normalized spacial score (nSPS) is 10.3. The fourth-order valence-corrected chi connectivity index (χ4v) is 1.62. The summed E-state index contributed by atoms with van der Waals surface area (Å²) in [5.41, 5.74) is 0.535. The van der Waals surface area contributed by atoms with Gasteiger partial charge in [0.2, 0.25) is 11.6 Å². The number of hydrogen-bond donors (Lipinski definition) is 0. The zero-order valence-electron chi connectivity index (χ0n) is 9.76. The molecule has 0 N–H and O–H groups in total. The minimum atomic E-state index is -0.638. The second-order valence-electron chi connectivity index (χ2n) is 3.74. The van der Waals surface area contributed by atoms with E-state index < -0.39 is 10.7 Å².